The molecule has 0 rings (SSSR count). The highest BCUT2D eigenvalue weighted by Gasteiger charge is 1.17. The van der Waals surface area contributed by atoms with Crippen molar-refractivity contribution in [3.05, 3.63) is 0 Å². The number of carbonyl (C=O) groups is 1. The topological polar surface area (TPSA) is 40.9 Å². The minimum Gasteiger partial charge on any atom is -0.307 e. The second kappa shape index (κ2) is 576. The minimum atomic E-state index is 1.43. The van der Waals surface area contributed by atoms with E-state index in [0.717, 1.165) is 0 Å². The van der Waals surface area contributed by atoms with Crippen LogP contribution in [0, 0.1) is 11.3 Å². The van der Waals surface area contributed by atoms with Gasteiger partial charge in [0.05, 0.1) is 6.07 Å². The molecule has 0 unspecified atom stereocenters. The first-order valence-corrected chi connectivity index (χ1v) is 1.01. The number of nitrogens with zero attached hydrogens (tertiary/aromatic N) is 1. The van der Waals surface area contributed by atoms with Crippen LogP contribution < -0.4 is 0 Å². The summed E-state index contributed by atoms with van der Waals surface area (Å²) < 4.78 is 0. The van der Waals surface area contributed by atoms with E-state index in [9.17, 15) is 0 Å². The normalized spacial score (nSPS) is 2.40. The SMILES string of the molecule is C=O.CC#N. The van der Waals surface area contributed by atoms with Crippen molar-refractivity contribution in [2.75, 3.05) is 0 Å². The molecule has 0 aromatic carbocycles. The van der Waals surface area contributed by atoms with Crippen molar-refractivity contribution in [3.8, 4) is 6.07 Å². The first kappa shape index (κ1) is 8.90. The van der Waals surface area contributed by atoms with Crippen LogP contribution in [0.3, 0.4) is 0 Å². The number of hydrogen-bond acceptors (Lipinski definition) is 2. The van der Waals surface area contributed by atoms with Gasteiger partial charge in [0.15, 0.2) is 0 Å². The number of hydrogen-bond donors (Lipinski definition) is 0. The van der Waals surface area contributed by atoms with Crippen LogP contribution in [0.1, 0.15) is 6.92 Å². The van der Waals surface area contributed by atoms with Crippen molar-refractivity contribution in [2.45, 2.75) is 6.92 Å². The van der Waals surface area contributed by atoms with Crippen LogP contribution >= 0.6 is 0 Å². The van der Waals surface area contributed by atoms with Gasteiger partial charge in [-0.1, -0.05) is 0 Å². The van der Waals surface area contributed by atoms with Crippen molar-refractivity contribution in [2.24, 2.45) is 0 Å². The zero-order chi connectivity index (χ0) is 4.71. The molecule has 0 atom stereocenters. The van der Waals surface area contributed by atoms with Crippen molar-refractivity contribution < 1.29 is 4.79 Å². The molecular formula is C3H5NO. The fourth-order valence-electron chi connectivity index (χ4n) is 0. The van der Waals surface area contributed by atoms with Gasteiger partial charge in [-0.2, -0.15) is 5.26 Å². The quantitative estimate of drug-likeness (QED) is 0.413. The summed E-state index contributed by atoms with van der Waals surface area (Å²) in [5, 5.41) is 7.32. The van der Waals surface area contributed by atoms with Crippen LogP contribution in [-0.4, -0.2) is 6.79 Å². The molecule has 0 aliphatic heterocycles. The Kier molecular flexibility index (Phi) is 1030. The number of rotatable bonds is 0. The zero-order valence-corrected chi connectivity index (χ0v) is 3.06. The molecule has 0 saturated heterocycles. The Morgan fingerprint density at radius 1 is 1.80 bits per heavy atom. The standard InChI is InChI=1S/C2H3N.CH2O/c1-2-3;1-2/h1H3;1H2. The van der Waals surface area contributed by atoms with Crippen molar-refractivity contribution in [1.29, 1.82) is 5.26 Å². The Morgan fingerprint density at radius 3 is 1.80 bits per heavy atom. The predicted octanol–water partition coefficient (Wildman–Crippen LogP) is 0.345. The van der Waals surface area contributed by atoms with Gasteiger partial charge < -0.3 is 4.79 Å². The van der Waals surface area contributed by atoms with Gasteiger partial charge in [0.25, 0.3) is 0 Å². The number of nitriles is 1. The van der Waals surface area contributed by atoms with Crippen LogP contribution in [0.2, 0.25) is 0 Å². The third-order valence-electron chi connectivity index (χ3n) is 0. The molecule has 0 aromatic heterocycles. The summed E-state index contributed by atoms with van der Waals surface area (Å²) in [6.07, 6.45) is 0. The molecule has 0 heterocycles. The molecule has 0 amide bonds. The third-order valence-corrected chi connectivity index (χ3v) is 0. The molecule has 0 saturated carbocycles. The van der Waals surface area contributed by atoms with Crippen LogP contribution in [0.25, 0.3) is 0 Å². The van der Waals surface area contributed by atoms with E-state index >= 15 is 0 Å². The van der Waals surface area contributed by atoms with E-state index in [0.29, 0.717) is 0 Å². The maximum absolute atomic E-state index is 8.00. The second-order valence-electron chi connectivity index (χ2n) is 0.224. The third kappa shape index (κ3) is 6.03. The summed E-state index contributed by atoms with van der Waals surface area (Å²) in [5.41, 5.74) is 0. The van der Waals surface area contributed by atoms with E-state index in [-0.39, 0.29) is 0 Å². The Hall–Kier alpha value is -0.840. The highest BCUT2D eigenvalue weighted by Crippen LogP contribution is 1.21. The summed E-state index contributed by atoms with van der Waals surface area (Å²) in [7, 11) is 0. The Morgan fingerprint density at radius 2 is 1.80 bits per heavy atom. The molecule has 5 heavy (non-hydrogen) atoms. The highest BCUT2D eigenvalue weighted by atomic mass is 16.1. The van der Waals surface area contributed by atoms with E-state index in [2.05, 4.69) is 0 Å². The van der Waals surface area contributed by atoms with Gasteiger partial charge >= 0.3 is 0 Å². The fraction of sp³-hybridized carbons (Fsp3) is 0.333. The molecule has 0 aliphatic rings. The van der Waals surface area contributed by atoms with E-state index in [4.69, 9.17) is 10.1 Å². The molecule has 2 heteroatoms. The molecule has 0 radical (unpaired) electrons. The molecule has 2 nitrogen and oxygen atoms in total. The van der Waals surface area contributed by atoms with Crippen LogP contribution in [0.15, 0.2) is 0 Å². The molecule has 0 aliphatic carbocycles. The van der Waals surface area contributed by atoms with Gasteiger partial charge in [0, 0.05) is 6.92 Å². The second-order valence-corrected chi connectivity index (χ2v) is 0.224. The lowest BCUT2D eigenvalue weighted by Gasteiger charge is -1.15. The maximum atomic E-state index is 8.00. The first-order chi connectivity index (χ1) is 2.41. The summed E-state index contributed by atoms with van der Waals surface area (Å²) in [5.74, 6) is 0. The summed E-state index contributed by atoms with van der Waals surface area (Å²) >= 11 is 0. The highest BCUT2D eigenvalue weighted by molar-refractivity contribution is 5.10. The number of carbonyl (C=O) groups excluding carboxylic acids is 1. The Labute approximate surface area is 31.0 Å². The fourth-order valence-corrected chi connectivity index (χ4v) is 0. The van der Waals surface area contributed by atoms with Crippen LogP contribution in [0.5, 0.6) is 0 Å². The van der Waals surface area contributed by atoms with E-state index < -0.39 is 0 Å². The lowest BCUT2D eigenvalue weighted by atomic mass is 11.0. The maximum Gasteiger partial charge on any atom is 0.106 e. The van der Waals surface area contributed by atoms with Crippen molar-refractivity contribution >= 4 is 6.79 Å². The van der Waals surface area contributed by atoms with Gasteiger partial charge in [0.2, 0.25) is 0 Å². The van der Waals surface area contributed by atoms with Crippen molar-refractivity contribution in [1.82, 2.24) is 0 Å². The van der Waals surface area contributed by atoms with E-state index in [1.54, 1.807) is 6.07 Å². The zero-order valence-electron chi connectivity index (χ0n) is 3.06. The predicted molar refractivity (Wildman–Crippen MR) is 18.4 cm³/mol. The van der Waals surface area contributed by atoms with Gasteiger partial charge in [-0.3, -0.25) is 0 Å². The summed E-state index contributed by atoms with van der Waals surface area (Å²) in [6.45, 7) is 3.43. The molecular weight excluding hydrogens is 66.0 g/mol. The van der Waals surface area contributed by atoms with Crippen molar-refractivity contribution in [3.63, 3.8) is 0 Å². The smallest absolute Gasteiger partial charge is 0.106 e. The molecule has 0 N–H and O–H groups in total. The van der Waals surface area contributed by atoms with E-state index in [1.807, 2.05) is 6.79 Å². The largest absolute Gasteiger partial charge is 0.307 e. The average Bonchev–Trinajstić information content (AvgIpc) is 1.46. The van der Waals surface area contributed by atoms with Crippen LogP contribution in [0.4, 0.5) is 0 Å². The molecule has 28 valence electrons. The lowest BCUT2D eigenvalue weighted by molar-refractivity contribution is -0.0979. The monoisotopic (exact) mass is 71.0 g/mol. The Bertz CT molecular complexity index is 36.6. The molecule has 0 aromatic rings. The van der Waals surface area contributed by atoms with E-state index in [1.165, 1.54) is 6.92 Å². The minimum absolute atomic E-state index is 1.43. The Balaban J connectivity index is 0. The average molecular weight is 71.1 g/mol. The lowest BCUT2D eigenvalue weighted by Crippen LogP contribution is -1.10. The molecule has 0 fully saturated rings. The van der Waals surface area contributed by atoms with Crippen LogP contribution in [-0.2, 0) is 4.79 Å². The van der Waals surface area contributed by atoms with Gasteiger partial charge in [-0.25, -0.2) is 0 Å². The summed E-state index contributed by atoms with van der Waals surface area (Å²) in [4.78, 5) is 8.00. The first-order valence-electron chi connectivity index (χ1n) is 1.01. The van der Waals surface area contributed by atoms with Gasteiger partial charge in [-0.05, 0) is 0 Å². The van der Waals surface area contributed by atoms with Gasteiger partial charge in [-0.15, -0.1) is 0 Å². The molecule has 0 bridgehead atoms. The van der Waals surface area contributed by atoms with Gasteiger partial charge in [0.1, 0.15) is 6.79 Å². The molecule has 0 spiro atoms. The summed E-state index contributed by atoms with van der Waals surface area (Å²) in [6, 6.07) is 1.75.